The van der Waals surface area contributed by atoms with Gasteiger partial charge in [0.05, 0.1) is 11.5 Å². The Balaban J connectivity index is 2.05. The predicted octanol–water partition coefficient (Wildman–Crippen LogP) is 5.06. The number of ether oxygens (including phenoxy) is 1. The minimum atomic E-state index is -4.32. The summed E-state index contributed by atoms with van der Waals surface area (Å²) in [4.78, 5) is 13.7. The first-order chi connectivity index (χ1) is 11.3. The zero-order valence-corrected chi connectivity index (χ0v) is 15.2. The number of nitrogens with one attached hydrogen (secondary N) is 1. The van der Waals surface area contributed by atoms with Crippen molar-refractivity contribution in [3.8, 4) is 5.75 Å². The lowest BCUT2D eigenvalue weighted by Gasteiger charge is -2.36. The maximum Gasteiger partial charge on any atom is 0.394 e. The van der Waals surface area contributed by atoms with Crippen molar-refractivity contribution < 1.29 is 22.7 Å². The molecule has 1 atom stereocenters. The Bertz CT molecular complexity index is 619. The average molecular weight is 358 g/mol. The molecule has 2 rings (SSSR count). The molecule has 25 heavy (non-hydrogen) atoms. The van der Waals surface area contributed by atoms with Gasteiger partial charge in [0.1, 0.15) is 11.4 Å². The molecular formula is C18H25F3N2O2. The molecule has 0 saturated carbocycles. The number of urea groups is 1. The molecule has 1 unspecified atom stereocenters. The zero-order chi connectivity index (χ0) is 19.0. The molecule has 0 radical (unpaired) electrons. The third-order valence-corrected chi connectivity index (χ3v) is 4.36. The Morgan fingerprint density at radius 2 is 1.76 bits per heavy atom. The normalized spacial score (nSPS) is 20.5. The first-order valence-corrected chi connectivity index (χ1v) is 8.25. The molecule has 1 N–H and O–H groups in total. The second-order valence-electron chi connectivity index (χ2n) is 7.86. The monoisotopic (exact) mass is 358 g/mol. The van der Waals surface area contributed by atoms with Gasteiger partial charge in [-0.3, -0.25) is 0 Å². The third-order valence-electron chi connectivity index (χ3n) is 4.36. The van der Waals surface area contributed by atoms with E-state index in [1.54, 1.807) is 24.3 Å². The van der Waals surface area contributed by atoms with Crippen LogP contribution in [0.1, 0.15) is 41.0 Å². The number of carbonyl (C=O) groups is 1. The number of rotatable bonds is 2. The van der Waals surface area contributed by atoms with Crippen molar-refractivity contribution in [2.24, 2.45) is 5.92 Å². The Hall–Kier alpha value is -1.92. The number of alkyl halides is 3. The van der Waals surface area contributed by atoms with Gasteiger partial charge in [0, 0.05) is 12.2 Å². The molecule has 0 bridgehead atoms. The van der Waals surface area contributed by atoms with E-state index in [1.807, 2.05) is 20.8 Å². The summed E-state index contributed by atoms with van der Waals surface area (Å²) in [5.41, 5.74) is -1.10. The summed E-state index contributed by atoms with van der Waals surface area (Å²) >= 11 is 0. The minimum absolute atomic E-state index is 0.0776. The number of amides is 2. The van der Waals surface area contributed by atoms with Crippen LogP contribution in [0, 0.1) is 5.92 Å². The summed E-state index contributed by atoms with van der Waals surface area (Å²) in [6.07, 6.45) is -4.40. The fourth-order valence-electron chi connectivity index (χ4n) is 3.17. The molecule has 1 aliphatic rings. The van der Waals surface area contributed by atoms with Crippen molar-refractivity contribution in [1.29, 1.82) is 0 Å². The standard InChI is InChI=1S/C18H25F3N2O2/c1-16(2,3)25-13-8-6-12(7-9-13)22-15(24)23-11-10-14(17(23,4)5)18(19,20)21/h6-9,14H,10-11H2,1-5H3,(H,22,24). The fraction of sp³-hybridized carbons (Fsp3) is 0.611. The van der Waals surface area contributed by atoms with Gasteiger partial charge in [0.25, 0.3) is 0 Å². The van der Waals surface area contributed by atoms with Crippen LogP contribution in [0.15, 0.2) is 24.3 Å². The van der Waals surface area contributed by atoms with E-state index in [4.69, 9.17) is 4.74 Å². The lowest BCUT2D eigenvalue weighted by atomic mass is 9.88. The highest BCUT2D eigenvalue weighted by atomic mass is 19.4. The summed E-state index contributed by atoms with van der Waals surface area (Å²) < 4.78 is 45.1. The highest BCUT2D eigenvalue weighted by Gasteiger charge is 2.56. The number of hydrogen-bond donors (Lipinski definition) is 1. The van der Waals surface area contributed by atoms with Gasteiger partial charge >= 0.3 is 12.2 Å². The zero-order valence-electron chi connectivity index (χ0n) is 15.2. The largest absolute Gasteiger partial charge is 0.488 e. The second-order valence-corrected chi connectivity index (χ2v) is 7.86. The Morgan fingerprint density at radius 3 is 2.20 bits per heavy atom. The molecule has 7 heteroatoms. The van der Waals surface area contributed by atoms with Crippen LogP contribution in [-0.2, 0) is 0 Å². The molecular weight excluding hydrogens is 333 g/mol. The average Bonchev–Trinajstić information content (AvgIpc) is 2.74. The molecule has 4 nitrogen and oxygen atoms in total. The Labute approximate surface area is 146 Å². The molecule has 1 fully saturated rings. The number of halogens is 3. The van der Waals surface area contributed by atoms with E-state index in [9.17, 15) is 18.0 Å². The highest BCUT2D eigenvalue weighted by Crippen LogP contribution is 2.44. The van der Waals surface area contributed by atoms with Gasteiger partial charge in [0.2, 0.25) is 0 Å². The molecule has 1 aliphatic heterocycles. The van der Waals surface area contributed by atoms with Crippen molar-refractivity contribution in [3.63, 3.8) is 0 Å². The Kier molecular flexibility index (Phi) is 4.99. The van der Waals surface area contributed by atoms with Gasteiger partial charge in [-0.25, -0.2) is 4.79 Å². The summed E-state index contributed by atoms with van der Waals surface area (Å²) in [6.45, 7) is 8.77. The van der Waals surface area contributed by atoms with Crippen molar-refractivity contribution in [3.05, 3.63) is 24.3 Å². The van der Waals surface area contributed by atoms with Crippen LogP contribution in [0.2, 0.25) is 0 Å². The van der Waals surface area contributed by atoms with Crippen molar-refractivity contribution in [2.45, 2.75) is 58.4 Å². The van der Waals surface area contributed by atoms with Crippen LogP contribution < -0.4 is 10.1 Å². The van der Waals surface area contributed by atoms with Crippen LogP contribution in [0.4, 0.5) is 23.7 Å². The molecule has 1 heterocycles. The van der Waals surface area contributed by atoms with Gasteiger partial charge in [0.15, 0.2) is 0 Å². The maximum atomic E-state index is 13.1. The van der Waals surface area contributed by atoms with Crippen molar-refractivity contribution in [2.75, 3.05) is 11.9 Å². The third kappa shape index (κ3) is 4.58. The number of anilines is 1. The molecule has 1 saturated heterocycles. The van der Waals surface area contributed by atoms with Crippen molar-refractivity contribution in [1.82, 2.24) is 4.90 Å². The molecule has 0 spiro atoms. The van der Waals surface area contributed by atoms with Gasteiger partial charge in [-0.1, -0.05) is 0 Å². The van der Waals surface area contributed by atoms with E-state index >= 15 is 0 Å². The smallest absolute Gasteiger partial charge is 0.394 e. The highest BCUT2D eigenvalue weighted by molar-refractivity contribution is 5.90. The molecule has 0 aliphatic carbocycles. The topological polar surface area (TPSA) is 41.6 Å². The van der Waals surface area contributed by atoms with Crippen molar-refractivity contribution >= 4 is 11.7 Å². The van der Waals surface area contributed by atoms with Crippen LogP contribution in [0.5, 0.6) is 5.75 Å². The fourth-order valence-corrected chi connectivity index (χ4v) is 3.17. The van der Waals surface area contributed by atoms with Gasteiger partial charge in [-0.2, -0.15) is 13.2 Å². The van der Waals surface area contributed by atoms with Crippen LogP contribution in [0.3, 0.4) is 0 Å². The van der Waals surface area contributed by atoms with E-state index in [0.29, 0.717) is 11.4 Å². The van der Waals surface area contributed by atoms with Gasteiger partial charge in [-0.05, 0) is 65.3 Å². The summed E-state index contributed by atoms with van der Waals surface area (Å²) in [5.74, 6) is -0.863. The van der Waals surface area contributed by atoms with Gasteiger partial charge in [-0.15, -0.1) is 0 Å². The maximum absolute atomic E-state index is 13.1. The number of hydrogen-bond acceptors (Lipinski definition) is 2. The number of benzene rings is 1. The quantitative estimate of drug-likeness (QED) is 0.803. The van der Waals surface area contributed by atoms with E-state index in [2.05, 4.69) is 5.32 Å². The van der Waals surface area contributed by atoms with E-state index < -0.39 is 23.7 Å². The minimum Gasteiger partial charge on any atom is -0.488 e. The lowest BCUT2D eigenvalue weighted by molar-refractivity contribution is -0.189. The van der Waals surface area contributed by atoms with Crippen LogP contribution in [0.25, 0.3) is 0 Å². The number of carbonyl (C=O) groups excluding carboxylic acids is 1. The second kappa shape index (κ2) is 6.42. The summed E-state index contributed by atoms with van der Waals surface area (Å²) in [6, 6.07) is 6.25. The van der Waals surface area contributed by atoms with E-state index in [0.717, 1.165) is 0 Å². The van der Waals surface area contributed by atoms with E-state index in [1.165, 1.54) is 18.7 Å². The number of likely N-dealkylation sites (tertiary alicyclic amines) is 1. The summed E-state index contributed by atoms with van der Waals surface area (Å²) in [5, 5.41) is 2.67. The molecule has 1 aromatic carbocycles. The predicted molar refractivity (Wildman–Crippen MR) is 90.8 cm³/mol. The Morgan fingerprint density at radius 1 is 1.20 bits per heavy atom. The number of nitrogens with zero attached hydrogens (tertiary/aromatic N) is 1. The van der Waals surface area contributed by atoms with Crippen LogP contribution >= 0.6 is 0 Å². The SMILES string of the molecule is CC(C)(C)Oc1ccc(NC(=O)N2CCC(C(F)(F)F)C2(C)C)cc1. The van der Waals surface area contributed by atoms with Gasteiger partial charge < -0.3 is 15.0 Å². The lowest BCUT2D eigenvalue weighted by Crippen LogP contribution is -2.51. The summed E-state index contributed by atoms with van der Waals surface area (Å²) in [7, 11) is 0. The van der Waals surface area contributed by atoms with Crippen LogP contribution in [-0.4, -0.2) is 34.8 Å². The molecule has 1 aromatic rings. The first kappa shape index (κ1) is 19.4. The first-order valence-electron chi connectivity index (χ1n) is 8.25. The molecule has 2 amide bonds. The van der Waals surface area contributed by atoms with E-state index in [-0.39, 0.29) is 18.6 Å². The molecule has 0 aromatic heterocycles. The molecule has 140 valence electrons.